The zero-order chi connectivity index (χ0) is 14.5. The molecule has 106 valence electrons. The quantitative estimate of drug-likeness (QED) is 0.888. The van der Waals surface area contributed by atoms with Gasteiger partial charge in [-0.3, -0.25) is 10.1 Å². The molecule has 0 bridgehead atoms. The van der Waals surface area contributed by atoms with Crippen molar-refractivity contribution in [2.45, 2.75) is 19.8 Å². The van der Waals surface area contributed by atoms with E-state index >= 15 is 0 Å². The summed E-state index contributed by atoms with van der Waals surface area (Å²) < 4.78 is 5.36. The molecule has 6 heteroatoms. The molecule has 0 radical (unpaired) electrons. The summed E-state index contributed by atoms with van der Waals surface area (Å²) in [5.74, 6) is 0.638. The van der Waals surface area contributed by atoms with Gasteiger partial charge in [-0.1, -0.05) is 43.4 Å². The van der Waals surface area contributed by atoms with Crippen molar-refractivity contribution in [2.24, 2.45) is 0 Å². The molecule has 5 nitrogen and oxygen atoms in total. The third kappa shape index (κ3) is 3.71. The van der Waals surface area contributed by atoms with Crippen LogP contribution in [0.5, 0.6) is 5.75 Å². The Balaban J connectivity index is 1.90. The molecule has 1 aromatic carbocycles. The van der Waals surface area contributed by atoms with Crippen molar-refractivity contribution in [1.82, 2.24) is 4.98 Å². The first-order chi connectivity index (χ1) is 9.56. The van der Waals surface area contributed by atoms with Gasteiger partial charge in [0.15, 0.2) is 11.7 Å². The fourth-order valence-corrected chi connectivity index (χ4v) is 2.53. The first-order valence-corrected chi connectivity index (χ1v) is 7.12. The summed E-state index contributed by atoms with van der Waals surface area (Å²) in [6.45, 7) is 3.96. The molecule has 0 aliphatic rings. The first kappa shape index (κ1) is 14.3. The fraction of sp³-hybridized carbons (Fsp3) is 0.286. The van der Waals surface area contributed by atoms with Crippen molar-refractivity contribution >= 4 is 27.4 Å². The van der Waals surface area contributed by atoms with Crippen molar-refractivity contribution in [3.05, 3.63) is 36.0 Å². The van der Waals surface area contributed by atoms with Gasteiger partial charge in [0.05, 0.1) is 5.69 Å². The molecular formula is C14H17N3O2S. The van der Waals surface area contributed by atoms with E-state index in [0.29, 0.717) is 15.9 Å². The van der Waals surface area contributed by atoms with Crippen LogP contribution in [0.1, 0.15) is 25.5 Å². The number of hydrogen-bond donors (Lipinski definition) is 2. The molecular weight excluding hydrogens is 274 g/mol. The third-order valence-corrected chi connectivity index (χ3v) is 3.40. The number of ether oxygens (including phenoxy) is 1. The predicted octanol–water partition coefficient (Wildman–Crippen LogP) is 2.87. The van der Waals surface area contributed by atoms with E-state index in [1.54, 1.807) is 12.1 Å². The molecule has 0 spiro atoms. The number of carbonyl (C=O) groups is 1. The number of nitrogens with two attached hydrogens (primary N) is 1. The second-order valence-corrected chi connectivity index (χ2v) is 5.60. The maximum Gasteiger partial charge on any atom is 0.264 e. The van der Waals surface area contributed by atoms with Crippen molar-refractivity contribution in [1.29, 1.82) is 0 Å². The standard InChI is InChI=1S/C14H17N3O2S/c1-9(2)12-13(15)20-14(17-12)16-11(18)8-19-10-6-4-3-5-7-10/h3-7,9H,8,15H2,1-2H3,(H,16,17,18). The average molecular weight is 291 g/mol. The summed E-state index contributed by atoms with van der Waals surface area (Å²) in [6, 6.07) is 9.18. The van der Waals surface area contributed by atoms with Gasteiger partial charge in [0.2, 0.25) is 0 Å². The fourth-order valence-electron chi connectivity index (χ4n) is 1.63. The van der Waals surface area contributed by atoms with Crippen LogP contribution in [0.15, 0.2) is 30.3 Å². The number of benzene rings is 1. The van der Waals surface area contributed by atoms with E-state index in [1.165, 1.54) is 11.3 Å². The number of aromatic nitrogens is 1. The van der Waals surface area contributed by atoms with E-state index in [0.717, 1.165) is 5.69 Å². The second kappa shape index (κ2) is 6.38. The summed E-state index contributed by atoms with van der Waals surface area (Å²) in [5, 5.41) is 3.84. The Bertz CT molecular complexity index is 581. The predicted molar refractivity (Wildman–Crippen MR) is 81.2 cm³/mol. The number of hydrogen-bond acceptors (Lipinski definition) is 5. The normalized spacial score (nSPS) is 10.6. The molecule has 20 heavy (non-hydrogen) atoms. The lowest BCUT2D eigenvalue weighted by Gasteiger charge is -2.05. The zero-order valence-corrected chi connectivity index (χ0v) is 12.2. The lowest BCUT2D eigenvalue weighted by atomic mass is 10.1. The molecule has 0 aliphatic heterocycles. The van der Waals surface area contributed by atoms with Gasteiger partial charge in [-0.2, -0.15) is 0 Å². The molecule has 1 aromatic heterocycles. The highest BCUT2D eigenvalue weighted by Gasteiger charge is 2.13. The number of para-hydroxylation sites is 1. The molecule has 0 saturated heterocycles. The Morgan fingerprint density at radius 1 is 1.40 bits per heavy atom. The molecule has 1 amide bonds. The molecule has 0 unspecified atom stereocenters. The summed E-state index contributed by atoms with van der Waals surface area (Å²) >= 11 is 1.27. The number of rotatable bonds is 5. The third-order valence-electron chi connectivity index (χ3n) is 2.59. The smallest absolute Gasteiger partial charge is 0.264 e. The molecule has 0 fully saturated rings. The number of nitrogen functional groups attached to an aromatic ring is 1. The van der Waals surface area contributed by atoms with E-state index in [2.05, 4.69) is 10.3 Å². The average Bonchev–Trinajstić information content (AvgIpc) is 2.78. The van der Waals surface area contributed by atoms with Crippen LogP contribution in [-0.4, -0.2) is 17.5 Å². The van der Waals surface area contributed by atoms with Gasteiger partial charge in [-0.05, 0) is 18.1 Å². The van der Waals surface area contributed by atoms with Crippen LogP contribution in [0, 0.1) is 0 Å². The number of carbonyl (C=O) groups excluding carboxylic acids is 1. The number of nitrogens with one attached hydrogen (secondary N) is 1. The molecule has 0 aliphatic carbocycles. The molecule has 2 aromatic rings. The van der Waals surface area contributed by atoms with E-state index in [1.807, 2.05) is 32.0 Å². The number of thiazole rings is 1. The van der Waals surface area contributed by atoms with Gasteiger partial charge in [0, 0.05) is 0 Å². The largest absolute Gasteiger partial charge is 0.484 e. The SMILES string of the molecule is CC(C)c1nc(NC(=O)COc2ccccc2)sc1N. The maximum absolute atomic E-state index is 11.8. The minimum atomic E-state index is -0.252. The topological polar surface area (TPSA) is 77.2 Å². The van der Waals surface area contributed by atoms with Gasteiger partial charge in [-0.15, -0.1) is 0 Å². The summed E-state index contributed by atoms with van der Waals surface area (Å²) in [4.78, 5) is 16.1. The zero-order valence-electron chi connectivity index (χ0n) is 11.4. The lowest BCUT2D eigenvalue weighted by molar-refractivity contribution is -0.118. The summed E-state index contributed by atoms with van der Waals surface area (Å²) in [5.41, 5.74) is 6.67. The summed E-state index contributed by atoms with van der Waals surface area (Å²) in [7, 11) is 0. The van der Waals surface area contributed by atoms with Gasteiger partial charge < -0.3 is 10.5 Å². The highest BCUT2D eigenvalue weighted by atomic mass is 32.1. The first-order valence-electron chi connectivity index (χ1n) is 6.30. The number of amides is 1. The number of nitrogens with zero attached hydrogens (tertiary/aromatic N) is 1. The van der Waals surface area contributed by atoms with Gasteiger partial charge >= 0.3 is 0 Å². The minimum Gasteiger partial charge on any atom is -0.484 e. The Kier molecular flexibility index (Phi) is 4.57. The Hall–Kier alpha value is -2.08. The molecule has 1 heterocycles. The van der Waals surface area contributed by atoms with Crippen LogP contribution in [-0.2, 0) is 4.79 Å². The molecule has 3 N–H and O–H groups in total. The van der Waals surface area contributed by atoms with Crippen LogP contribution < -0.4 is 15.8 Å². The van der Waals surface area contributed by atoms with Gasteiger partial charge in [0.25, 0.3) is 5.91 Å². The van der Waals surface area contributed by atoms with Crippen molar-refractivity contribution < 1.29 is 9.53 Å². The molecule has 2 rings (SSSR count). The number of anilines is 2. The maximum atomic E-state index is 11.8. The lowest BCUT2D eigenvalue weighted by Crippen LogP contribution is -2.20. The van der Waals surface area contributed by atoms with Gasteiger partial charge in [-0.25, -0.2) is 4.98 Å². The van der Waals surface area contributed by atoms with Crippen molar-refractivity contribution in [3.8, 4) is 5.75 Å². The second-order valence-electron chi connectivity index (χ2n) is 4.57. The van der Waals surface area contributed by atoms with Crippen LogP contribution >= 0.6 is 11.3 Å². The molecule has 0 atom stereocenters. The van der Waals surface area contributed by atoms with Crippen molar-refractivity contribution in [2.75, 3.05) is 17.7 Å². The van der Waals surface area contributed by atoms with E-state index < -0.39 is 0 Å². The Morgan fingerprint density at radius 3 is 2.70 bits per heavy atom. The van der Waals surface area contributed by atoms with Crippen molar-refractivity contribution in [3.63, 3.8) is 0 Å². The van der Waals surface area contributed by atoms with E-state index in [4.69, 9.17) is 10.5 Å². The van der Waals surface area contributed by atoms with E-state index in [-0.39, 0.29) is 18.4 Å². The van der Waals surface area contributed by atoms with Crippen LogP contribution in [0.3, 0.4) is 0 Å². The highest BCUT2D eigenvalue weighted by Crippen LogP contribution is 2.30. The summed E-state index contributed by atoms with van der Waals surface area (Å²) in [6.07, 6.45) is 0. The van der Waals surface area contributed by atoms with Crippen LogP contribution in [0.4, 0.5) is 10.1 Å². The van der Waals surface area contributed by atoms with Crippen LogP contribution in [0.25, 0.3) is 0 Å². The molecule has 0 saturated carbocycles. The highest BCUT2D eigenvalue weighted by molar-refractivity contribution is 7.19. The van der Waals surface area contributed by atoms with Crippen LogP contribution in [0.2, 0.25) is 0 Å². The Labute approximate surface area is 121 Å². The van der Waals surface area contributed by atoms with E-state index in [9.17, 15) is 4.79 Å². The Morgan fingerprint density at radius 2 is 2.10 bits per heavy atom. The van der Waals surface area contributed by atoms with Gasteiger partial charge in [0.1, 0.15) is 10.8 Å². The monoisotopic (exact) mass is 291 g/mol. The minimum absolute atomic E-state index is 0.0550.